The fourth-order valence-electron chi connectivity index (χ4n) is 1.20. The number of aryl methyl sites for hydroxylation is 1. The van der Waals surface area contributed by atoms with E-state index in [1.807, 2.05) is 6.92 Å². The van der Waals surface area contributed by atoms with E-state index in [-0.39, 0.29) is 11.4 Å². The molecule has 92 valence electrons. The summed E-state index contributed by atoms with van der Waals surface area (Å²) in [5.74, 6) is 0.284. The maximum absolute atomic E-state index is 11.8. The lowest BCUT2D eigenvalue weighted by Gasteiger charge is -2.02. The van der Waals surface area contributed by atoms with Crippen LogP contribution in [0.25, 0.3) is 0 Å². The molecule has 1 aromatic heterocycles. The molecule has 0 bridgehead atoms. The van der Waals surface area contributed by atoms with E-state index in [2.05, 4.69) is 26.2 Å². The first-order valence-electron chi connectivity index (χ1n) is 5.00. The predicted molar refractivity (Wildman–Crippen MR) is 73.5 cm³/mol. The van der Waals surface area contributed by atoms with Crippen molar-refractivity contribution in [2.45, 2.75) is 6.92 Å². The third-order valence-corrected chi connectivity index (χ3v) is 2.57. The summed E-state index contributed by atoms with van der Waals surface area (Å²) in [6.07, 6.45) is 3.34. The number of amidine groups is 1. The molecule has 0 spiro atoms. The van der Waals surface area contributed by atoms with E-state index >= 15 is 0 Å². The van der Waals surface area contributed by atoms with Gasteiger partial charge in [0.2, 0.25) is 0 Å². The van der Waals surface area contributed by atoms with Gasteiger partial charge in [-0.25, -0.2) is 4.99 Å². The quantitative estimate of drug-likeness (QED) is 0.652. The molecule has 6 heteroatoms. The molecule has 0 aliphatic heterocycles. The molecule has 0 radical (unpaired) electrons. The van der Waals surface area contributed by atoms with Gasteiger partial charge in [-0.3, -0.25) is 4.79 Å². The average molecular weight is 299 g/mol. The molecule has 3 N–H and O–H groups in total. The summed E-state index contributed by atoms with van der Waals surface area (Å²) in [6.45, 7) is 1.86. The van der Waals surface area contributed by atoms with Gasteiger partial charge in [0.15, 0.2) is 0 Å². The number of rotatable bonds is 3. The molecule has 17 heavy (non-hydrogen) atoms. The van der Waals surface area contributed by atoms with E-state index < -0.39 is 0 Å². The fraction of sp³-hybridized carbons (Fsp3) is 0.273. The minimum Gasteiger partial charge on any atom is -0.392 e. The van der Waals surface area contributed by atoms with E-state index in [0.717, 1.165) is 10.2 Å². The van der Waals surface area contributed by atoms with Crippen LogP contribution in [0, 0.1) is 0 Å². The monoisotopic (exact) mass is 298 g/mol. The normalized spacial score (nSPS) is 12.7. The third-order valence-electron chi connectivity index (χ3n) is 2.14. The highest BCUT2D eigenvalue weighted by molar-refractivity contribution is 9.10. The molecule has 0 aromatic carbocycles. The number of hydrogen-bond donors (Lipinski definition) is 2. The van der Waals surface area contributed by atoms with Gasteiger partial charge in [-0.1, -0.05) is 0 Å². The summed E-state index contributed by atoms with van der Waals surface area (Å²) >= 11 is 3.30. The maximum Gasteiger partial charge on any atom is 0.276 e. The summed E-state index contributed by atoms with van der Waals surface area (Å²) in [5, 5.41) is 2.93. The van der Waals surface area contributed by atoms with Crippen molar-refractivity contribution >= 4 is 27.5 Å². The Kier molecular flexibility index (Phi) is 4.51. The van der Waals surface area contributed by atoms with Crippen LogP contribution in [0.4, 0.5) is 5.69 Å². The molecule has 1 rings (SSSR count). The average Bonchev–Trinajstić information content (AvgIpc) is 2.24. The first kappa shape index (κ1) is 13.5. The Morgan fingerprint density at radius 1 is 1.65 bits per heavy atom. The van der Waals surface area contributed by atoms with Crippen LogP contribution < -0.4 is 16.6 Å². The smallest absolute Gasteiger partial charge is 0.276 e. The van der Waals surface area contributed by atoms with Crippen LogP contribution in [-0.2, 0) is 7.05 Å². The number of nitrogens with zero attached hydrogens (tertiary/aromatic N) is 2. The van der Waals surface area contributed by atoms with Crippen LogP contribution in [0.1, 0.15) is 6.92 Å². The minimum absolute atomic E-state index is 0.188. The second-order valence-electron chi connectivity index (χ2n) is 3.57. The van der Waals surface area contributed by atoms with Crippen molar-refractivity contribution < 1.29 is 0 Å². The van der Waals surface area contributed by atoms with Crippen LogP contribution >= 0.6 is 15.9 Å². The largest absolute Gasteiger partial charge is 0.392 e. The van der Waals surface area contributed by atoms with Gasteiger partial charge in [-0.2, -0.15) is 0 Å². The van der Waals surface area contributed by atoms with Crippen molar-refractivity contribution in [3.63, 3.8) is 0 Å². The van der Waals surface area contributed by atoms with E-state index in [0.29, 0.717) is 5.69 Å². The molecule has 0 aliphatic rings. The Balaban J connectivity index is 3.19. The summed E-state index contributed by atoms with van der Waals surface area (Å²) in [7, 11) is 3.45. The first-order valence-corrected chi connectivity index (χ1v) is 5.79. The second kappa shape index (κ2) is 5.67. The van der Waals surface area contributed by atoms with E-state index in [9.17, 15) is 4.79 Å². The van der Waals surface area contributed by atoms with Gasteiger partial charge < -0.3 is 15.6 Å². The van der Waals surface area contributed by atoms with E-state index in [1.54, 1.807) is 32.4 Å². The zero-order chi connectivity index (χ0) is 13.0. The molecule has 0 atom stereocenters. The maximum atomic E-state index is 11.8. The summed E-state index contributed by atoms with van der Waals surface area (Å²) in [4.78, 5) is 15.8. The lowest BCUT2D eigenvalue weighted by Crippen LogP contribution is -2.17. The highest BCUT2D eigenvalue weighted by atomic mass is 79.9. The molecule has 0 saturated heterocycles. The molecule has 0 fully saturated rings. The molecule has 1 aromatic rings. The number of nitrogens with one attached hydrogen (secondary N) is 1. The minimum atomic E-state index is -0.188. The van der Waals surface area contributed by atoms with Crippen molar-refractivity contribution in [1.82, 2.24) is 9.88 Å². The van der Waals surface area contributed by atoms with Crippen molar-refractivity contribution in [3.05, 3.63) is 38.9 Å². The van der Waals surface area contributed by atoms with Gasteiger partial charge in [0.1, 0.15) is 11.5 Å². The molecule has 0 unspecified atom stereocenters. The SMILES string of the molecule is CN/C(C)=C\C(N)=Nc1cc(Br)cn(C)c1=O. The summed E-state index contributed by atoms with van der Waals surface area (Å²) in [6, 6.07) is 1.64. The lowest BCUT2D eigenvalue weighted by molar-refractivity contribution is 0.856. The fourth-order valence-corrected chi connectivity index (χ4v) is 1.72. The van der Waals surface area contributed by atoms with E-state index in [1.165, 1.54) is 4.57 Å². The number of halogens is 1. The molecular formula is C11H15BrN4O. The molecule has 1 heterocycles. The molecule has 5 nitrogen and oxygen atoms in total. The Labute approximate surface area is 108 Å². The first-order chi connectivity index (χ1) is 7.93. The molecule has 0 aliphatic carbocycles. The zero-order valence-electron chi connectivity index (χ0n) is 9.99. The van der Waals surface area contributed by atoms with Gasteiger partial charge in [0.05, 0.1) is 0 Å². The summed E-state index contributed by atoms with van der Waals surface area (Å²) < 4.78 is 2.23. The lowest BCUT2D eigenvalue weighted by atomic mass is 10.4. The topological polar surface area (TPSA) is 72.4 Å². The van der Waals surface area contributed by atoms with Crippen LogP contribution in [0.15, 0.2) is 38.3 Å². The highest BCUT2D eigenvalue weighted by Crippen LogP contribution is 2.13. The zero-order valence-corrected chi connectivity index (χ0v) is 11.6. The Morgan fingerprint density at radius 3 is 2.88 bits per heavy atom. The predicted octanol–water partition coefficient (Wildman–Crippen LogP) is 1.26. The van der Waals surface area contributed by atoms with Crippen LogP contribution in [0.2, 0.25) is 0 Å². The highest BCUT2D eigenvalue weighted by Gasteiger charge is 2.02. The Bertz CT molecular complexity index is 531. The van der Waals surface area contributed by atoms with Crippen molar-refractivity contribution in [3.8, 4) is 0 Å². The van der Waals surface area contributed by atoms with Crippen LogP contribution in [0.5, 0.6) is 0 Å². The summed E-state index contributed by atoms with van der Waals surface area (Å²) in [5.41, 5.74) is 6.71. The van der Waals surface area contributed by atoms with Gasteiger partial charge in [-0.05, 0) is 35.0 Å². The van der Waals surface area contributed by atoms with Crippen molar-refractivity contribution in [2.75, 3.05) is 7.05 Å². The van der Waals surface area contributed by atoms with Gasteiger partial charge in [0.25, 0.3) is 5.56 Å². The van der Waals surface area contributed by atoms with Gasteiger partial charge >= 0.3 is 0 Å². The number of hydrogen-bond acceptors (Lipinski definition) is 3. The van der Waals surface area contributed by atoms with Gasteiger partial charge in [-0.15, -0.1) is 0 Å². The number of pyridine rings is 1. The third kappa shape index (κ3) is 3.74. The molecule has 0 amide bonds. The molecular weight excluding hydrogens is 284 g/mol. The standard InChI is InChI=1S/C11H15BrN4O/c1-7(14-2)4-10(13)15-9-5-8(12)6-16(3)11(9)17/h4-6,14H,1-3H3,(H2,13,15)/b7-4-. The number of aromatic nitrogens is 1. The Hall–Kier alpha value is -1.56. The Morgan fingerprint density at radius 2 is 2.29 bits per heavy atom. The number of aliphatic imine (C=N–C) groups is 1. The van der Waals surface area contributed by atoms with Gasteiger partial charge in [0, 0.05) is 30.5 Å². The number of allylic oxidation sites excluding steroid dienone is 1. The van der Waals surface area contributed by atoms with Crippen LogP contribution in [-0.4, -0.2) is 17.5 Å². The number of nitrogens with two attached hydrogens (primary N) is 1. The van der Waals surface area contributed by atoms with E-state index in [4.69, 9.17) is 5.73 Å². The van der Waals surface area contributed by atoms with Crippen molar-refractivity contribution in [2.24, 2.45) is 17.8 Å². The van der Waals surface area contributed by atoms with Crippen LogP contribution in [0.3, 0.4) is 0 Å². The van der Waals surface area contributed by atoms with Crippen molar-refractivity contribution in [1.29, 1.82) is 0 Å². The molecule has 0 saturated carbocycles. The second-order valence-corrected chi connectivity index (χ2v) is 4.49.